The molecular formula is C19H16ClF4N3O3. The largest absolute Gasteiger partial charge is 0.416 e. The van der Waals surface area contributed by atoms with Crippen LogP contribution in [0.25, 0.3) is 0 Å². The SMILES string of the molecule is CC1(CO)C(=O)N(c2ncc(Cl)cc2F)CC(=O)N1Cc1ccc(C(F)(F)F)cc1. The van der Waals surface area contributed by atoms with Gasteiger partial charge in [0.05, 0.1) is 17.2 Å². The number of rotatable bonds is 4. The molecule has 1 unspecified atom stereocenters. The molecule has 1 aliphatic heterocycles. The van der Waals surface area contributed by atoms with Crippen molar-refractivity contribution in [3.8, 4) is 0 Å². The number of aromatic nitrogens is 1. The van der Waals surface area contributed by atoms with Crippen LogP contribution in [-0.2, 0) is 22.3 Å². The molecule has 0 bridgehead atoms. The van der Waals surface area contributed by atoms with Gasteiger partial charge in [-0.2, -0.15) is 13.2 Å². The third kappa shape index (κ3) is 3.97. The zero-order valence-electron chi connectivity index (χ0n) is 15.6. The number of hydrogen-bond acceptors (Lipinski definition) is 4. The van der Waals surface area contributed by atoms with E-state index in [4.69, 9.17) is 11.6 Å². The number of carbonyl (C=O) groups is 2. The van der Waals surface area contributed by atoms with Crippen LogP contribution in [-0.4, -0.2) is 45.5 Å². The fourth-order valence-electron chi connectivity index (χ4n) is 3.15. The maximum absolute atomic E-state index is 14.2. The molecule has 1 aromatic heterocycles. The van der Waals surface area contributed by atoms with Crippen molar-refractivity contribution < 1.29 is 32.3 Å². The average Bonchev–Trinajstić information content (AvgIpc) is 2.68. The van der Waals surface area contributed by atoms with E-state index < -0.39 is 53.9 Å². The van der Waals surface area contributed by atoms with Gasteiger partial charge in [-0.05, 0) is 30.7 Å². The van der Waals surface area contributed by atoms with E-state index >= 15 is 0 Å². The lowest BCUT2D eigenvalue weighted by Gasteiger charge is -2.46. The molecule has 11 heteroatoms. The number of aliphatic hydroxyl groups excluding tert-OH is 1. The number of benzene rings is 1. The van der Waals surface area contributed by atoms with Crippen LogP contribution in [0.2, 0.25) is 5.02 Å². The van der Waals surface area contributed by atoms with Crippen molar-refractivity contribution in [3.05, 3.63) is 58.5 Å². The van der Waals surface area contributed by atoms with Gasteiger partial charge in [-0.25, -0.2) is 9.37 Å². The van der Waals surface area contributed by atoms with Crippen LogP contribution < -0.4 is 4.90 Å². The summed E-state index contributed by atoms with van der Waals surface area (Å²) < 4.78 is 52.5. The van der Waals surface area contributed by atoms with E-state index in [2.05, 4.69) is 4.98 Å². The summed E-state index contributed by atoms with van der Waals surface area (Å²) in [5, 5.41) is 9.89. The van der Waals surface area contributed by atoms with E-state index in [1.54, 1.807) is 0 Å². The second-order valence-corrected chi connectivity index (χ2v) is 7.39. The highest BCUT2D eigenvalue weighted by Crippen LogP contribution is 2.32. The first-order chi connectivity index (χ1) is 14.0. The summed E-state index contributed by atoms with van der Waals surface area (Å²) >= 11 is 5.67. The van der Waals surface area contributed by atoms with Gasteiger partial charge >= 0.3 is 6.18 Å². The van der Waals surface area contributed by atoms with E-state index in [0.29, 0.717) is 5.56 Å². The van der Waals surface area contributed by atoms with Gasteiger partial charge in [0.15, 0.2) is 11.6 Å². The quantitative estimate of drug-likeness (QED) is 0.734. The number of piperazine rings is 1. The van der Waals surface area contributed by atoms with Gasteiger partial charge in [0.2, 0.25) is 5.91 Å². The normalized spacial score (nSPS) is 20.1. The molecule has 1 aliphatic rings. The molecule has 2 heterocycles. The van der Waals surface area contributed by atoms with Gasteiger partial charge in [-0.15, -0.1) is 0 Å². The summed E-state index contributed by atoms with van der Waals surface area (Å²) in [5.41, 5.74) is -2.30. The summed E-state index contributed by atoms with van der Waals surface area (Å²) in [6.45, 7) is -0.272. The van der Waals surface area contributed by atoms with Crippen LogP contribution in [0.1, 0.15) is 18.1 Å². The van der Waals surface area contributed by atoms with Crippen LogP contribution in [0.15, 0.2) is 36.5 Å². The Hall–Kier alpha value is -2.72. The Kier molecular flexibility index (Phi) is 5.74. The Morgan fingerprint density at radius 2 is 1.87 bits per heavy atom. The second kappa shape index (κ2) is 7.84. The van der Waals surface area contributed by atoms with Gasteiger partial charge in [-0.3, -0.25) is 14.5 Å². The fraction of sp³-hybridized carbons (Fsp3) is 0.316. The van der Waals surface area contributed by atoms with Crippen molar-refractivity contribution in [3.63, 3.8) is 0 Å². The highest BCUT2D eigenvalue weighted by molar-refractivity contribution is 6.30. The first-order valence-corrected chi connectivity index (χ1v) is 9.05. The Balaban J connectivity index is 1.90. The zero-order valence-corrected chi connectivity index (χ0v) is 16.3. The lowest BCUT2D eigenvalue weighted by molar-refractivity contribution is -0.153. The minimum atomic E-state index is -4.51. The predicted octanol–water partition coefficient (Wildman–Crippen LogP) is 3.02. The molecule has 0 saturated carbocycles. The van der Waals surface area contributed by atoms with Gasteiger partial charge < -0.3 is 10.0 Å². The van der Waals surface area contributed by atoms with Gasteiger partial charge in [0, 0.05) is 12.7 Å². The van der Waals surface area contributed by atoms with E-state index in [-0.39, 0.29) is 11.6 Å². The lowest BCUT2D eigenvalue weighted by atomic mass is 9.94. The lowest BCUT2D eigenvalue weighted by Crippen LogP contribution is -2.68. The molecule has 3 rings (SSSR count). The average molecular weight is 446 g/mol. The Labute approximate surface area is 173 Å². The maximum Gasteiger partial charge on any atom is 0.416 e. The summed E-state index contributed by atoms with van der Waals surface area (Å²) in [4.78, 5) is 31.4. The number of anilines is 1. The van der Waals surface area contributed by atoms with Crippen LogP contribution in [0.4, 0.5) is 23.4 Å². The smallest absolute Gasteiger partial charge is 0.393 e. The minimum absolute atomic E-state index is 0.000820. The van der Waals surface area contributed by atoms with E-state index in [9.17, 15) is 32.3 Å². The highest BCUT2D eigenvalue weighted by atomic mass is 35.5. The van der Waals surface area contributed by atoms with Crippen LogP contribution >= 0.6 is 11.6 Å². The van der Waals surface area contributed by atoms with Crippen LogP contribution in [0, 0.1) is 5.82 Å². The minimum Gasteiger partial charge on any atom is -0.393 e. The van der Waals surface area contributed by atoms with E-state index in [0.717, 1.165) is 34.2 Å². The molecule has 30 heavy (non-hydrogen) atoms. The number of pyridine rings is 1. The highest BCUT2D eigenvalue weighted by Gasteiger charge is 2.50. The molecule has 6 nitrogen and oxygen atoms in total. The summed E-state index contributed by atoms with van der Waals surface area (Å²) in [5.74, 6) is -2.75. The van der Waals surface area contributed by atoms with Crippen molar-refractivity contribution in [2.75, 3.05) is 18.1 Å². The maximum atomic E-state index is 14.2. The molecule has 0 aliphatic carbocycles. The summed E-state index contributed by atoms with van der Waals surface area (Å²) in [6.07, 6.45) is -3.40. The molecule has 1 fully saturated rings. The van der Waals surface area contributed by atoms with Crippen LogP contribution in [0.5, 0.6) is 0 Å². The third-order valence-electron chi connectivity index (χ3n) is 4.87. The fourth-order valence-corrected chi connectivity index (χ4v) is 3.29. The Morgan fingerprint density at radius 1 is 1.23 bits per heavy atom. The molecule has 1 aromatic carbocycles. The number of nitrogens with zero attached hydrogens (tertiary/aromatic N) is 3. The molecule has 1 atom stereocenters. The predicted molar refractivity (Wildman–Crippen MR) is 99.0 cm³/mol. The second-order valence-electron chi connectivity index (χ2n) is 6.96. The summed E-state index contributed by atoms with van der Waals surface area (Å²) in [6, 6.07) is 5.03. The third-order valence-corrected chi connectivity index (χ3v) is 5.08. The number of hydrogen-bond donors (Lipinski definition) is 1. The first-order valence-electron chi connectivity index (χ1n) is 8.68. The van der Waals surface area contributed by atoms with Crippen molar-refractivity contribution in [2.24, 2.45) is 0 Å². The van der Waals surface area contributed by atoms with Gasteiger partial charge in [0.1, 0.15) is 12.1 Å². The van der Waals surface area contributed by atoms with Crippen molar-refractivity contribution in [1.29, 1.82) is 0 Å². The van der Waals surface area contributed by atoms with Crippen molar-refractivity contribution in [2.45, 2.75) is 25.2 Å². The number of amides is 2. The number of carbonyl (C=O) groups excluding carboxylic acids is 2. The topological polar surface area (TPSA) is 73.7 Å². The standard InChI is InChI=1S/C19H16ClF4N3O3/c1-18(10-28)17(30)26(16-14(21)6-13(20)7-25-16)9-15(29)27(18)8-11-2-4-12(5-3-11)19(22,23)24/h2-7,28H,8-10H2,1H3. The number of halogens is 5. The Morgan fingerprint density at radius 3 is 2.40 bits per heavy atom. The van der Waals surface area contributed by atoms with E-state index in [1.165, 1.54) is 19.1 Å². The number of alkyl halides is 3. The molecule has 0 spiro atoms. The zero-order chi connectivity index (χ0) is 22.3. The van der Waals surface area contributed by atoms with Gasteiger partial charge in [-0.1, -0.05) is 23.7 Å². The molecule has 160 valence electrons. The van der Waals surface area contributed by atoms with Crippen LogP contribution in [0.3, 0.4) is 0 Å². The summed E-state index contributed by atoms with van der Waals surface area (Å²) in [7, 11) is 0. The van der Waals surface area contributed by atoms with E-state index in [1.807, 2.05) is 0 Å². The number of aliphatic hydroxyl groups is 1. The molecule has 0 radical (unpaired) electrons. The molecule has 2 aromatic rings. The molecular weight excluding hydrogens is 430 g/mol. The van der Waals surface area contributed by atoms with Gasteiger partial charge in [0.25, 0.3) is 5.91 Å². The first kappa shape index (κ1) is 22.0. The molecule has 2 amide bonds. The molecule has 1 saturated heterocycles. The van der Waals surface area contributed by atoms with Crippen molar-refractivity contribution >= 4 is 29.2 Å². The molecule has 1 N–H and O–H groups in total. The Bertz CT molecular complexity index is 984. The monoisotopic (exact) mass is 445 g/mol. The van der Waals surface area contributed by atoms with Crippen molar-refractivity contribution in [1.82, 2.24) is 9.88 Å².